The molecule has 5 heteroatoms. The smallest absolute Gasteiger partial charge is 0.125 e. The van der Waals surface area contributed by atoms with Crippen LogP contribution in [0.3, 0.4) is 0 Å². The number of ether oxygens (including phenoxy) is 1. The van der Waals surface area contributed by atoms with Crippen molar-refractivity contribution in [1.29, 1.82) is 0 Å². The monoisotopic (exact) mass is 399 g/mol. The van der Waals surface area contributed by atoms with Gasteiger partial charge in [0.25, 0.3) is 0 Å². The van der Waals surface area contributed by atoms with E-state index in [1.165, 1.54) is 24.1 Å². The fraction of sp³-hybridized carbons (Fsp3) is 0.625. The molecule has 0 saturated carbocycles. The summed E-state index contributed by atoms with van der Waals surface area (Å²) in [4.78, 5) is 8.02. The summed E-state index contributed by atoms with van der Waals surface area (Å²) < 4.78 is 19.0. The van der Waals surface area contributed by atoms with Crippen molar-refractivity contribution >= 4 is 11.0 Å². The number of halogens is 1. The molecule has 4 nitrogen and oxygen atoms in total. The van der Waals surface area contributed by atoms with Crippen LogP contribution in [0.15, 0.2) is 29.8 Å². The molecule has 1 saturated heterocycles. The van der Waals surface area contributed by atoms with E-state index in [0.29, 0.717) is 29.7 Å². The average Bonchev–Trinajstić information content (AvgIpc) is 3.10. The molecule has 1 aromatic carbocycles. The zero-order chi connectivity index (χ0) is 20.4. The van der Waals surface area contributed by atoms with Crippen molar-refractivity contribution < 1.29 is 9.13 Å². The summed E-state index contributed by atoms with van der Waals surface area (Å²) in [5, 5.41) is 3.81. The number of aromatic amines is 1. The van der Waals surface area contributed by atoms with E-state index in [1.54, 1.807) is 6.07 Å². The summed E-state index contributed by atoms with van der Waals surface area (Å²) >= 11 is 0. The van der Waals surface area contributed by atoms with Crippen LogP contribution >= 0.6 is 0 Å². The molecule has 2 N–H and O–H groups in total. The summed E-state index contributed by atoms with van der Waals surface area (Å²) in [5.41, 5.74) is 3.10. The highest BCUT2D eigenvalue weighted by Crippen LogP contribution is 2.38. The Morgan fingerprint density at radius 2 is 2.07 bits per heavy atom. The fourth-order valence-electron chi connectivity index (χ4n) is 5.08. The number of aromatic nitrogens is 2. The summed E-state index contributed by atoms with van der Waals surface area (Å²) in [7, 11) is 0. The standard InChI is InChI=1S/C24H34FN3O/c1-15(2)21-11-17(12-24-27-22-5-4-19(25)13-23(22)28-24)16(3)10-18(21)14-26-20-6-8-29-9-7-20/h4-5,10,13,15,17-18,20-21,26H,6-9,11-12,14H2,1-3H3,(H,27,28)/t17-,18-,21-/m0/s1. The summed E-state index contributed by atoms with van der Waals surface area (Å²) in [6.45, 7) is 9.79. The Morgan fingerprint density at radius 1 is 1.28 bits per heavy atom. The maximum Gasteiger partial charge on any atom is 0.125 e. The van der Waals surface area contributed by atoms with Crippen LogP contribution in [0.5, 0.6) is 0 Å². The molecule has 1 fully saturated rings. The van der Waals surface area contributed by atoms with Crippen molar-refractivity contribution in [2.24, 2.45) is 23.7 Å². The molecule has 1 aromatic heterocycles. The Balaban J connectivity index is 1.45. The maximum absolute atomic E-state index is 13.5. The van der Waals surface area contributed by atoms with Gasteiger partial charge in [-0.3, -0.25) is 0 Å². The van der Waals surface area contributed by atoms with Gasteiger partial charge in [-0.15, -0.1) is 0 Å². The first-order valence-corrected chi connectivity index (χ1v) is 11.1. The van der Waals surface area contributed by atoms with Gasteiger partial charge in [0.05, 0.1) is 11.0 Å². The van der Waals surface area contributed by atoms with Crippen molar-refractivity contribution in [3.8, 4) is 0 Å². The predicted octanol–water partition coefficient (Wildman–Crippen LogP) is 4.87. The highest BCUT2D eigenvalue weighted by molar-refractivity contribution is 5.74. The van der Waals surface area contributed by atoms with Crippen molar-refractivity contribution in [1.82, 2.24) is 15.3 Å². The van der Waals surface area contributed by atoms with Gasteiger partial charge in [0, 0.05) is 32.2 Å². The van der Waals surface area contributed by atoms with Crippen LogP contribution in [0.4, 0.5) is 4.39 Å². The van der Waals surface area contributed by atoms with Crippen LogP contribution in [-0.4, -0.2) is 35.8 Å². The number of fused-ring (bicyclic) bond motifs is 1. The Labute approximate surface area is 173 Å². The molecule has 1 aliphatic heterocycles. The highest BCUT2D eigenvalue weighted by Gasteiger charge is 2.32. The molecule has 2 heterocycles. The fourth-order valence-corrected chi connectivity index (χ4v) is 5.08. The van der Waals surface area contributed by atoms with Crippen LogP contribution in [0.1, 0.15) is 45.9 Å². The first-order valence-electron chi connectivity index (χ1n) is 11.1. The van der Waals surface area contributed by atoms with Gasteiger partial charge >= 0.3 is 0 Å². The molecule has 158 valence electrons. The van der Waals surface area contributed by atoms with E-state index in [1.807, 2.05) is 0 Å². The van der Waals surface area contributed by atoms with Crippen LogP contribution in [0, 0.1) is 29.5 Å². The average molecular weight is 400 g/mol. The number of allylic oxidation sites excluding steroid dienone is 1. The first-order chi connectivity index (χ1) is 14.0. The normalized spacial score (nSPS) is 26.2. The third-order valence-corrected chi connectivity index (χ3v) is 6.88. The molecule has 2 aliphatic rings. The van der Waals surface area contributed by atoms with Gasteiger partial charge in [0.2, 0.25) is 0 Å². The van der Waals surface area contributed by atoms with Gasteiger partial charge in [-0.2, -0.15) is 0 Å². The molecule has 0 spiro atoms. The second-order valence-electron chi connectivity index (χ2n) is 9.26. The third kappa shape index (κ3) is 4.89. The van der Waals surface area contributed by atoms with E-state index in [9.17, 15) is 4.39 Å². The summed E-state index contributed by atoms with van der Waals surface area (Å²) in [6, 6.07) is 5.36. The van der Waals surface area contributed by atoms with E-state index in [4.69, 9.17) is 9.72 Å². The molecular weight excluding hydrogens is 365 g/mol. The largest absolute Gasteiger partial charge is 0.381 e. The number of hydrogen-bond acceptors (Lipinski definition) is 3. The van der Waals surface area contributed by atoms with Gasteiger partial charge < -0.3 is 15.0 Å². The maximum atomic E-state index is 13.5. The number of imidazole rings is 1. The quantitative estimate of drug-likeness (QED) is 0.682. The van der Waals surface area contributed by atoms with Crippen LogP contribution in [-0.2, 0) is 11.2 Å². The molecule has 0 bridgehead atoms. The van der Waals surface area contributed by atoms with E-state index >= 15 is 0 Å². The lowest BCUT2D eigenvalue weighted by Gasteiger charge is -2.38. The number of rotatable bonds is 6. The Morgan fingerprint density at radius 3 is 2.83 bits per heavy atom. The Hall–Kier alpha value is -1.72. The summed E-state index contributed by atoms with van der Waals surface area (Å²) in [5.74, 6) is 3.13. The number of nitrogens with one attached hydrogen (secondary N) is 2. The van der Waals surface area contributed by atoms with E-state index in [0.717, 1.165) is 55.9 Å². The zero-order valence-electron chi connectivity index (χ0n) is 17.9. The van der Waals surface area contributed by atoms with Crippen molar-refractivity contribution in [3.63, 3.8) is 0 Å². The predicted molar refractivity (Wildman–Crippen MR) is 115 cm³/mol. The number of nitrogens with zero attached hydrogens (tertiary/aromatic N) is 1. The minimum atomic E-state index is -0.221. The van der Waals surface area contributed by atoms with Gasteiger partial charge in [0.1, 0.15) is 11.6 Å². The van der Waals surface area contributed by atoms with Gasteiger partial charge in [-0.1, -0.05) is 25.5 Å². The van der Waals surface area contributed by atoms with Crippen molar-refractivity contribution in [3.05, 3.63) is 41.5 Å². The lowest BCUT2D eigenvalue weighted by Crippen LogP contribution is -2.41. The first kappa shape index (κ1) is 20.5. The minimum absolute atomic E-state index is 0.221. The third-order valence-electron chi connectivity index (χ3n) is 6.88. The Bertz CT molecular complexity index is 853. The number of benzene rings is 1. The van der Waals surface area contributed by atoms with Crippen molar-refractivity contribution in [2.75, 3.05) is 19.8 Å². The van der Waals surface area contributed by atoms with Crippen molar-refractivity contribution in [2.45, 2.75) is 52.5 Å². The van der Waals surface area contributed by atoms with Crippen LogP contribution in [0.25, 0.3) is 11.0 Å². The summed E-state index contributed by atoms with van der Waals surface area (Å²) in [6.07, 6.45) is 6.83. The molecule has 4 rings (SSSR count). The van der Waals surface area contributed by atoms with E-state index in [2.05, 4.69) is 37.1 Å². The molecule has 29 heavy (non-hydrogen) atoms. The Kier molecular flexibility index (Phi) is 6.35. The SMILES string of the molecule is CC1=C[C@@H](CNC2CCOCC2)[C@H](C(C)C)C[C@H]1Cc1nc2ccc(F)cc2[nH]1. The van der Waals surface area contributed by atoms with Gasteiger partial charge in [0.15, 0.2) is 0 Å². The molecule has 2 aromatic rings. The molecule has 0 amide bonds. The highest BCUT2D eigenvalue weighted by atomic mass is 19.1. The zero-order valence-corrected chi connectivity index (χ0v) is 17.9. The van der Waals surface area contributed by atoms with Crippen LogP contribution in [0.2, 0.25) is 0 Å². The number of H-pyrrole nitrogens is 1. The minimum Gasteiger partial charge on any atom is -0.381 e. The lowest BCUT2D eigenvalue weighted by atomic mass is 9.69. The van der Waals surface area contributed by atoms with Crippen LogP contribution < -0.4 is 5.32 Å². The van der Waals surface area contributed by atoms with E-state index < -0.39 is 0 Å². The van der Waals surface area contributed by atoms with Gasteiger partial charge in [-0.25, -0.2) is 9.37 Å². The molecule has 0 unspecified atom stereocenters. The molecule has 3 atom stereocenters. The van der Waals surface area contributed by atoms with E-state index in [-0.39, 0.29) is 5.82 Å². The molecule has 1 aliphatic carbocycles. The number of hydrogen-bond donors (Lipinski definition) is 2. The molecule has 0 radical (unpaired) electrons. The second-order valence-corrected chi connectivity index (χ2v) is 9.26. The second kappa shape index (κ2) is 8.97. The lowest BCUT2D eigenvalue weighted by molar-refractivity contribution is 0.0757. The molecular formula is C24H34FN3O. The van der Waals surface area contributed by atoms with Gasteiger partial charge in [-0.05, 0) is 68.1 Å². The topological polar surface area (TPSA) is 49.9 Å².